The van der Waals surface area contributed by atoms with Gasteiger partial charge in [0, 0.05) is 6.07 Å². The standard InChI is InChI=1S/C8H8N4O2/c9-6-3-5(13)1-2-7(6)12-4-10-11-8(12)14/h1-4,13H,9H2,(H,11,14). The highest BCUT2D eigenvalue weighted by atomic mass is 16.3. The van der Waals surface area contributed by atoms with Crippen LogP contribution >= 0.6 is 0 Å². The van der Waals surface area contributed by atoms with Crippen molar-refractivity contribution in [2.45, 2.75) is 0 Å². The summed E-state index contributed by atoms with van der Waals surface area (Å²) in [6.07, 6.45) is 1.32. The lowest BCUT2D eigenvalue weighted by molar-refractivity contribution is 0.475. The first-order chi connectivity index (χ1) is 6.68. The van der Waals surface area contributed by atoms with Crippen LogP contribution in [0.4, 0.5) is 5.69 Å². The molecular formula is C8H8N4O2. The van der Waals surface area contributed by atoms with Gasteiger partial charge in [-0.2, -0.15) is 5.10 Å². The summed E-state index contributed by atoms with van der Waals surface area (Å²) in [4.78, 5) is 11.2. The number of hydrogen-bond donors (Lipinski definition) is 3. The van der Waals surface area contributed by atoms with Crippen molar-refractivity contribution >= 4 is 5.69 Å². The van der Waals surface area contributed by atoms with E-state index in [1.807, 2.05) is 0 Å². The summed E-state index contributed by atoms with van der Waals surface area (Å²) < 4.78 is 1.26. The SMILES string of the molecule is Nc1cc(O)ccc1-n1cn[nH]c1=O. The normalized spacial score (nSPS) is 10.3. The Balaban J connectivity index is 2.63. The highest BCUT2D eigenvalue weighted by molar-refractivity contribution is 5.60. The fourth-order valence-corrected chi connectivity index (χ4v) is 1.18. The molecule has 6 heteroatoms. The van der Waals surface area contributed by atoms with Gasteiger partial charge >= 0.3 is 5.69 Å². The number of nitrogen functional groups attached to an aromatic ring is 1. The molecule has 2 aromatic rings. The predicted molar refractivity (Wildman–Crippen MR) is 50.3 cm³/mol. The molecule has 0 unspecified atom stereocenters. The van der Waals surface area contributed by atoms with Gasteiger partial charge in [0.1, 0.15) is 12.1 Å². The van der Waals surface area contributed by atoms with E-state index in [1.165, 1.54) is 23.0 Å². The summed E-state index contributed by atoms with van der Waals surface area (Å²) in [5.74, 6) is 0.0581. The summed E-state index contributed by atoms with van der Waals surface area (Å²) in [5.41, 5.74) is 6.05. The molecule has 72 valence electrons. The van der Waals surface area contributed by atoms with Gasteiger partial charge in [-0.1, -0.05) is 0 Å². The number of phenols is 1. The molecule has 6 nitrogen and oxygen atoms in total. The fourth-order valence-electron chi connectivity index (χ4n) is 1.18. The second-order valence-corrected chi connectivity index (χ2v) is 2.77. The average Bonchev–Trinajstić information content (AvgIpc) is 2.52. The van der Waals surface area contributed by atoms with Gasteiger partial charge in [-0.05, 0) is 12.1 Å². The lowest BCUT2D eigenvalue weighted by Gasteiger charge is -2.04. The number of rotatable bonds is 1. The summed E-state index contributed by atoms with van der Waals surface area (Å²) >= 11 is 0. The number of nitrogens with two attached hydrogens (primary N) is 1. The smallest absolute Gasteiger partial charge is 0.347 e. The van der Waals surface area contributed by atoms with E-state index in [9.17, 15) is 4.79 Å². The van der Waals surface area contributed by atoms with Gasteiger partial charge in [0.2, 0.25) is 0 Å². The van der Waals surface area contributed by atoms with Crippen molar-refractivity contribution in [1.29, 1.82) is 0 Å². The zero-order chi connectivity index (χ0) is 10.1. The number of nitrogens with one attached hydrogen (secondary N) is 1. The molecule has 0 radical (unpaired) electrons. The molecule has 1 aromatic heterocycles. The highest BCUT2D eigenvalue weighted by Crippen LogP contribution is 2.20. The van der Waals surface area contributed by atoms with E-state index in [4.69, 9.17) is 10.8 Å². The molecule has 14 heavy (non-hydrogen) atoms. The lowest BCUT2D eigenvalue weighted by atomic mass is 10.2. The van der Waals surface area contributed by atoms with Crippen molar-refractivity contribution in [3.63, 3.8) is 0 Å². The van der Waals surface area contributed by atoms with E-state index in [0.29, 0.717) is 11.4 Å². The van der Waals surface area contributed by atoms with Crippen LogP contribution in [0, 0.1) is 0 Å². The van der Waals surface area contributed by atoms with Crippen LogP contribution in [0.5, 0.6) is 5.75 Å². The molecular weight excluding hydrogens is 184 g/mol. The molecule has 0 aliphatic carbocycles. The average molecular weight is 192 g/mol. The summed E-state index contributed by atoms with van der Waals surface area (Å²) in [6.45, 7) is 0. The molecule has 0 amide bonds. The first kappa shape index (κ1) is 8.36. The Bertz CT molecular complexity index is 514. The Labute approximate surface area is 78.6 Å². The number of H-pyrrole nitrogens is 1. The van der Waals surface area contributed by atoms with E-state index >= 15 is 0 Å². The molecule has 0 aliphatic heterocycles. The molecule has 1 aromatic carbocycles. The summed E-state index contributed by atoms with van der Waals surface area (Å²) in [5, 5.41) is 14.9. The van der Waals surface area contributed by atoms with E-state index in [2.05, 4.69) is 10.2 Å². The Morgan fingerprint density at radius 3 is 2.86 bits per heavy atom. The van der Waals surface area contributed by atoms with Crippen molar-refractivity contribution in [2.75, 3.05) is 5.73 Å². The molecule has 1 heterocycles. The van der Waals surface area contributed by atoms with Crippen LogP contribution < -0.4 is 11.4 Å². The van der Waals surface area contributed by atoms with Crippen LogP contribution in [-0.4, -0.2) is 19.9 Å². The molecule has 2 rings (SSSR count). The van der Waals surface area contributed by atoms with Gasteiger partial charge in [0.05, 0.1) is 11.4 Å². The van der Waals surface area contributed by atoms with Gasteiger partial charge in [0.25, 0.3) is 0 Å². The summed E-state index contributed by atoms with van der Waals surface area (Å²) in [6, 6.07) is 4.36. The number of phenolic OH excluding ortho intramolecular Hbond substituents is 1. The van der Waals surface area contributed by atoms with Gasteiger partial charge < -0.3 is 10.8 Å². The van der Waals surface area contributed by atoms with Crippen molar-refractivity contribution in [3.05, 3.63) is 35.0 Å². The number of anilines is 1. The molecule has 0 atom stereocenters. The number of aromatic amines is 1. The van der Waals surface area contributed by atoms with Gasteiger partial charge in [-0.3, -0.25) is 0 Å². The van der Waals surface area contributed by atoms with Gasteiger partial charge in [0.15, 0.2) is 0 Å². The molecule has 0 saturated carbocycles. The van der Waals surface area contributed by atoms with Crippen molar-refractivity contribution < 1.29 is 5.11 Å². The third-order valence-electron chi connectivity index (χ3n) is 1.82. The largest absolute Gasteiger partial charge is 0.508 e. The minimum atomic E-state index is -0.373. The zero-order valence-electron chi connectivity index (χ0n) is 7.14. The Hall–Kier alpha value is -2.24. The number of aromatic hydroxyl groups is 1. The van der Waals surface area contributed by atoms with Crippen molar-refractivity contribution in [1.82, 2.24) is 14.8 Å². The molecule has 0 bridgehead atoms. The Morgan fingerprint density at radius 2 is 2.29 bits per heavy atom. The predicted octanol–water partition coefficient (Wildman–Crippen LogP) is -0.152. The topological polar surface area (TPSA) is 96.9 Å². The first-order valence-corrected chi connectivity index (χ1v) is 3.89. The van der Waals surface area contributed by atoms with Gasteiger partial charge in [-0.25, -0.2) is 14.5 Å². The van der Waals surface area contributed by atoms with Gasteiger partial charge in [-0.15, -0.1) is 0 Å². The van der Waals surface area contributed by atoms with Crippen LogP contribution in [0.15, 0.2) is 29.3 Å². The highest BCUT2D eigenvalue weighted by Gasteiger charge is 2.05. The quantitative estimate of drug-likeness (QED) is 0.547. The Morgan fingerprint density at radius 1 is 1.50 bits per heavy atom. The fraction of sp³-hybridized carbons (Fsp3) is 0. The van der Waals surface area contributed by atoms with E-state index in [-0.39, 0.29) is 11.4 Å². The lowest BCUT2D eigenvalue weighted by Crippen LogP contribution is -2.15. The number of hydrogen-bond acceptors (Lipinski definition) is 4. The molecule has 0 saturated heterocycles. The maximum Gasteiger partial charge on any atom is 0.347 e. The van der Waals surface area contributed by atoms with E-state index in [1.54, 1.807) is 6.07 Å². The van der Waals surface area contributed by atoms with E-state index < -0.39 is 0 Å². The van der Waals surface area contributed by atoms with Crippen LogP contribution in [0.3, 0.4) is 0 Å². The summed E-state index contributed by atoms with van der Waals surface area (Å²) in [7, 11) is 0. The van der Waals surface area contributed by atoms with E-state index in [0.717, 1.165) is 0 Å². The minimum absolute atomic E-state index is 0.0581. The monoisotopic (exact) mass is 192 g/mol. The second kappa shape index (κ2) is 2.91. The maximum absolute atomic E-state index is 11.2. The number of nitrogens with zero attached hydrogens (tertiary/aromatic N) is 2. The first-order valence-electron chi connectivity index (χ1n) is 3.89. The number of benzene rings is 1. The minimum Gasteiger partial charge on any atom is -0.508 e. The third-order valence-corrected chi connectivity index (χ3v) is 1.82. The Kier molecular flexibility index (Phi) is 1.74. The second-order valence-electron chi connectivity index (χ2n) is 2.77. The van der Waals surface area contributed by atoms with Crippen molar-refractivity contribution in [2.24, 2.45) is 0 Å². The van der Waals surface area contributed by atoms with Crippen LogP contribution in [0.2, 0.25) is 0 Å². The molecule has 0 aliphatic rings. The number of aromatic nitrogens is 3. The molecule has 4 N–H and O–H groups in total. The van der Waals surface area contributed by atoms with Crippen LogP contribution in [-0.2, 0) is 0 Å². The van der Waals surface area contributed by atoms with Crippen molar-refractivity contribution in [3.8, 4) is 11.4 Å². The maximum atomic E-state index is 11.2. The zero-order valence-corrected chi connectivity index (χ0v) is 7.14. The molecule has 0 fully saturated rings. The third kappa shape index (κ3) is 1.22. The molecule has 0 spiro atoms. The van der Waals surface area contributed by atoms with Crippen LogP contribution in [0.25, 0.3) is 5.69 Å². The van der Waals surface area contributed by atoms with Crippen LogP contribution in [0.1, 0.15) is 0 Å².